The molecule has 0 saturated heterocycles. The highest BCUT2D eigenvalue weighted by Gasteiger charge is 2.01. The van der Waals surface area contributed by atoms with Crippen LogP contribution in [0.1, 0.15) is 20.3 Å². The van der Waals surface area contributed by atoms with Crippen LogP contribution in [0.2, 0.25) is 0 Å². The molecular formula is C12H22N4O2. The molecule has 0 unspecified atom stereocenters. The van der Waals surface area contributed by atoms with E-state index in [1.54, 1.807) is 12.3 Å². The summed E-state index contributed by atoms with van der Waals surface area (Å²) >= 11 is 0. The van der Waals surface area contributed by atoms with Crippen molar-refractivity contribution in [1.82, 2.24) is 9.97 Å². The summed E-state index contributed by atoms with van der Waals surface area (Å²) in [5, 5.41) is 3.12. The lowest BCUT2D eigenvalue weighted by atomic mass is 10.4. The zero-order chi connectivity index (χ0) is 13.2. The molecular weight excluding hydrogens is 232 g/mol. The number of aromatic nitrogens is 2. The molecule has 3 N–H and O–H groups in total. The lowest BCUT2D eigenvalue weighted by Gasteiger charge is -2.10. The monoisotopic (exact) mass is 254 g/mol. The van der Waals surface area contributed by atoms with Gasteiger partial charge in [0.05, 0.1) is 12.7 Å². The van der Waals surface area contributed by atoms with E-state index < -0.39 is 0 Å². The first kappa shape index (κ1) is 14.7. The van der Waals surface area contributed by atoms with Gasteiger partial charge in [-0.05, 0) is 20.3 Å². The van der Waals surface area contributed by atoms with Crippen LogP contribution in [0, 0.1) is 0 Å². The summed E-state index contributed by atoms with van der Waals surface area (Å²) in [6, 6.07) is 1.75. The standard InChI is InChI=1S/C12H22N4O2/c1-10(2)18-11-4-7-15-12(16-11)14-6-3-8-17-9-5-13/h4,7,10H,3,5-6,8-9,13H2,1-2H3,(H,14,15,16). The molecule has 1 heterocycles. The van der Waals surface area contributed by atoms with Crippen LogP contribution >= 0.6 is 0 Å². The van der Waals surface area contributed by atoms with Gasteiger partial charge in [-0.2, -0.15) is 4.98 Å². The Bertz CT molecular complexity index is 334. The molecule has 0 spiro atoms. The highest BCUT2D eigenvalue weighted by atomic mass is 16.5. The van der Waals surface area contributed by atoms with E-state index in [1.165, 1.54) is 0 Å². The Balaban J connectivity index is 2.25. The first-order valence-electron chi connectivity index (χ1n) is 6.23. The van der Waals surface area contributed by atoms with Crippen LogP contribution in [0.25, 0.3) is 0 Å². The minimum Gasteiger partial charge on any atom is -0.475 e. The van der Waals surface area contributed by atoms with E-state index in [0.717, 1.165) is 13.0 Å². The molecule has 0 aliphatic heterocycles. The fourth-order valence-corrected chi connectivity index (χ4v) is 1.29. The largest absolute Gasteiger partial charge is 0.475 e. The second-order valence-electron chi connectivity index (χ2n) is 4.07. The van der Waals surface area contributed by atoms with Crippen LogP contribution in [0.15, 0.2) is 12.3 Å². The van der Waals surface area contributed by atoms with E-state index in [9.17, 15) is 0 Å². The fourth-order valence-electron chi connectivity index (χ4n) is 1.29. The summed E-state index contributed by atoms with van der Waals surface area (Å²) in [7, 11) is 0. The maximum absolute atomic E-state index is 5.48. The molecule has 1 rings (SSSR count). The van der Waals surface area contributed by atoms with Crippen LogP contribution in [0.3, 0.4) is 0 Å². The van der Waals surface area contributed by atoms with Gasteiger partial charge in [0.25, 0.3) is 0 Å². The van der Waals surface area contributed by atoms with E-state index in [0.29, 0.717) is 31.6 Å². The van der Waals surface area contributed by atoms with Crippen LogP contribution in [0.5, 0.6) is 5.88 Å². The van der Waals surface area contributed by atoms with Gasteiger partial charge in [-0.25, -0.2) is 4.98 Å². The molecule has 6 nitrogen and oxygen atoms in total. The Hall–Kier alpha value is -1.40. The number of ether oxygens (including phenoxy) is 2. The summed E-state index contributed by atoms with van der Waals surface area (Å²) in [6.07, 6.45) is 2.67. The molecule has 0 aliphatic rings. The van der Waals surface area contributed by atoms with Gasteiger partial charge in [0.15, 0.2) is 0 Å². The zero-order valence-corrected chi connectivity index (χ0v) is 11.1. The maximum Gasteiger partial charge on any atom is 0.225 e. The Kier molecular flexibility index (Phi) is 7.05. The predicted molar refractivity (Wildman–Crippen MR) is 70.8 cm³/mol. The molecule has 0 fully saturated rings. The van der Waals surface area contributed by atoms with Crippen molar-refractivity contribution in [2.75, 3.05) is 31.6 Å². The van der Waals surface area contributed by atoms with Crippen molar-refractivity contribution in [2.45, 2.75) is 26.4 Å². The van der Waals surface area contributed by atoms with Crippen LogP contribution in [-0.4, -0.2) is 42.4 Å². The van der Waals surface area contributed by atoms with E-state index in [4.69, 9.17) is 15.2 Å². The molecule has 0 saturated carbocycles. The first-order valence-corrected chi connectivity index (χ1v) is 6.23. The summed E-state index contributed by atoms with van der Waals surface area (Å²) in [6.45, 7) is 6.54. The van der Waals surface area contributed by atoms with Gasteiger partial charge >= 0.3 is 0 Å². The van der Waals surface area contributed by atoms with Crippen molar-refractivity contribution in [1.29, 1.82) is 0 Å². The van der Waals surface area contributed by atoms with Crippen LogP contribution in [-0.2, 0) is 4.74 Å². The molecule has 102 valence electrons. The van der Waals surface area contributed by atoms with E-state index >= 15 is 0 Å². The number of nitrogens with zero attached hydrogens (tertiary/aromatic N) is 2. The van der Waals surface area contributed by atoms with Crippen LogP contribution < -0.4 is 15.8 Å². The van der Waals surface area contributed by atoms with Crippen molar-refractivity contribution in [2.24, 2.45) is 5.73 Å². The summed E-state index contributed by atoms with van der Waals surface area (Å²) < 4.78 is 10.8. The van der Waals surface area contributed by atoms with Gasteiger partial charge in [-0.3, -0.25) is 0 Å². The summed E-state index contributed by atoms with van der Waals surface area (Å²) in [5.41, 5.74) is 5.32. The van der Waals surface area contributed by atoms with Crippen molar-refractivity contribution in [3.63, 3.8) is 0 Å². The van der Waals surface area contributed by atoms with Gasteiger partial charge in [0.1, 0.15) is 0 Å². The lowest BCUT2D eigenvalue weighted by molar-refractivity contribution is 0.141. The topological polar surface area (TPSA) is 82.3 Å². The number of hydrogen-bond donors (Lipinski definition) is 2. The van der Waals surface area contributed by atoms with Crippen molar-refractivity contribution < 1.29 is 9.47 Å². The molecule has 1 aromatic heterocycles. The normalized spacial score (nSPS) is 10.7. The zero-order valence-electron chi connectivity index (χ0n) is 11.1. The molecule has 0 aromatic carbocycles. The number of rotatable bonds is 9. The Morgan fingerprint density at radius 1 is 1.39 bits per heavy atom. The van der Waals surface area contributed by atoms with Crippen molar-refractivity contribution in [3.05, 3.63) is 12.3 Å². The minimum atomic E-state index is 0.109. The van der Waals surface area contributed by atoms with E-state index in [-0.39, 0.29) is 6.10 Å². The molecule has 0 aliphatic carbocycles. The molecule has 1 aromatic rings. The predicted octanol–water partition coefficient (Wildman–Crippen LogP) is 1.04. The van der Waals surface area contributed by atoms with Gasteiger partial charge < -0.3 is 20.5 Å². The SMILES string of the molecule is CC(C)Oc1ccnc(NCCCOCCN)n1. The second-order valence-corrected chi connectivity index (χ2v) is 4.07. The average Bonchev–Trinajstić information content (AvgIpc) is 2.33. The Morgan fingerprint density at radius 3 is 2.94 bits per heavy atom. The van der Waals surface area contributed by atoms with Crippen LogP contribution in [0.4, 0.5) is 5.95 Å². The minimum absolute atomic E-state index is 0.109. The summed E-state index contributed by atoms with van der Waals surface area (Å²) in [4.78, 5) is 8.36. The molecule has 0 amide bonds. The van der Waals surface area contributed by atoms with Crippen molar-refractivity contribution in [3.8, 4) is 5.88 Å². The third-order valence-electron chi connectivity index (χ3n) is 2.00. The molecule has 18 heavy (non-hydrogen) atoms. The molecule has 6 heteroatoms. The number of nitrogens with two attached hydrogens (primary N) is 1. The Morgan fingerprint density at radius 2 is 2.22 bits per heavy atom. The molecule has 0 bridgehead atoms. The number of hydrogen-bond acceptors (Lipinski definition) is 6. The highest BCUT2D eigenvalue weighted by molar-refractivity contribution is 5.27. The lowest BCUT2D eigenvalue weighted by Crippen LogP contribution is -2.13. The van der Waals surface area contributed by atoms with Gasteiger partial charge in [-0.15, -0.1) is 0 Å². The van der Waals surface area contributed by atoms with Gasteiger partial charge in [0.2, 0.25) is 11.8 Å². The summed E-state index contributed by atoms with van der Waals surface area (Å²) in [5.74, 6) is 1.16. The molecule has 0 atom stereocenters. The molecule has 0 radical (unpaired) electrons. The first-order chi connectivity index (χ1) is 8.72. The van der Waals surface area contributed by atoms with E-state index in [1.807, 2.05) is 13.8 Å². The number of anilines is 1. The fraction of sp³-hybridized carbons (Fsp3) is 0.667. The Labute approximate surface area is 108 Å². The van der Waals surface area contributed by atoms with Gasteiger partial charge in [-0.1, -0.05) is 0 Å². The quantitative estimate of drug-likeness (QED) is 0.641. The third-order valence-corrected chi connectivity index (χ3v) is 2.00. The number of nitrogens with one attached hydrogen (secondary N) is 1. The van der Waals surface area contributed by atoms with E-state index in [2.05, 4.69) is 15.3 Å². The smallest absolute Gasteiger partial charge is 0.225 e. The van der Waals surface area contributed by atoms with Gasteiger partial charge in [0, 0.05) is 32.0 Å². The average molecular weight is 254 g/mol. The van der Waals surface area contributed by atoms with Crippen molar-refractivity contribution >= 4 is 5.95 Å². The highest BCUT2D eigenvalue weighted by Crippen LogP contribution is 2.09. The second kappa shape index (κ2) is 8.66. The third kappa shape index (κ3) is 6.36. The maximum atomic E-state index is 5.48.